The highest BCUT2D eigenvalue weighted by molar-refractivity contribution is 5.46. The Hall–Kier alpha value is -1.48. The van der Waals surface area contributed by atoms with Crippen LogP contribution in [0.4, 0.5) is 5.69 Å². The van der Waals surface area contributed by atoms with Gasteiger partial charge in [-0.2, -0.15) is 0 Å². The molecule has 1 aromatic carbocycles. The van der Waals surface area contributed by atoms with Crippen LogP contribution in [-0.2, 0) is 0 Å². The highest BCUT2D eigenvalue weighted by Gasteiger charge is 2.05. The van der Waals surface area contributed by atoms with Crippen molar-refractivity contribution in [2.24, 2.45) is 0 Å². The maximum Gasteiger partial charge on any atom is 0.0906 e. The third kappa shape index (κ3) is 5.23. The van der Waals surface area contributed by atoms with Gasteiger partial charge in [0.05, 0.1) is 12.4 Å². The molecule has 0 aliphatic rings. The minimum atomic E-state index is -0.00949. The largest absolute Gasteiger partial charge is 0.513 e. The highest BCUT2D eigenvalue weighted by atomic mass is 16.3. The van der Waals surface area contributed by atoms with Crippen molar-refractivity contribution in [1.82, 2.24) is 0 Å². The molecule has 3 heteroatoms. The van der Waals surface area contributed by atoms with Gasteiger partial charge in [0.15, 0.2) is 0 Å². The normalized spacial score (nSPS) is 13.4. The van der Waals surface area contributed by atoms with Gasteiger partial charge in [-0.25, -0.2) is 0 Å². The summed E-state index contributed by atoms with van der Waals surface area (Å²) in [5.74, 6) is 0.266. The van der Waals surface area contributed by atoms with Crippen molar-refractivity contribution in [1.29, 1.82) is 0 Å². The Morgan fingerprint density at radius 2 is 2.22 bits per heavy atom. The molecule has 3 N–H and O–H groups in total. The Morgan fingerprint density at radius 3 is 2.83 bits per heavy atom. The second-order valence-electron chi connectivity index (χ2n) is 4.52. The molecule has 0 heterocycles. The van der Waals surface area contributed by atoms with Gasteiger partial charge in [-0.05, 0) is 43.5 Å². The van der Waals surface area contributed by atoms with Crippen molar-refractivity contribution >= 4 is 5.69 Å². The van der Waals surface area contributed by atoms with Crippen LogP contribution in [0.25, 0.3) is 0 Å². The van der Waals surface area contributed by atoms with Crippen LogP contribution in [0.15, 0.2) is 36.1 Å². The van der Waals surface area contributed by atoms with E-state index in [2.05, 4.69) is 31.3 Å². The number of aliphatic hydroxyl groups excluding tert-OH is 2. The molecule has 100 valence electrons. The molecule has 0 amide bonds. The lowest BCUT2D eigenvalue weighted by atomic mass is 10.1. The monoisotopic (exact) mass is 249 g/mol. The minimum absolute atomic E-state index is 0.00949. The molecule has 1 atom stereocenters. The Labute approximate surface area is 109 Å². The van der Waals surface area contributed by atoms with E-state index in [-0.39, 0.29) is 12.4 Å². The molecule has 0 saturated carbocycles. The maximum absolute atomic E-state index is 9.48. The van der Waals surface area contributed by atoms with E-state index in [1.54, 1.807) is 6.08 Å². The van der Waals surface area contributed by atoms with Crippen LogP contribution in [0.1, 0.15) is 31.7 Å². The van der Waals surface area contributed by atoms with Crippen LogP contribution in [0.2, 0.25) is 0 Å². The molecule has 0 aromatic heterocycles. The predicted octanol–water partition coefficient (Wildman–Crippen LogP) is 3.40. The van der Waals surface area contributed by atoms with E-state index in [1.165, 1.54) is 5.56 Å². The average molecular weight is 249 g/mol. The van der Waals surface area contributed by atoms with Crippen LogP contribution in [-0.4, -0.2) is 22.9 Å². The summed E-state index contributed by atoms with van der Waals surface area (Å²) in [6.07, 6.45) is 3.86. The fourth-order valence-corrected chi connectivity index (χ4v) is 1.79. The highest BCUT2D eigenvalue weighted by Crippen LogP contribution is 2.14. The molecule has 0 spiro atoms. The van der Waals surface area contributed by atoms with Gasteiger partial charge in [0, 0.05) is 18.2 Å². The number of benzene rings is 1. The van der Waals surface area contributed by atoms with Gasteiger partial charge < -0.3 is 15.5 Å². The van der Waals surface area contributed by atoms with Crippen molar-refractivity contribution in [2.75, 3.05) is 11.9 Å². The fourth-order valence-electron chi connectivity index (χ4n) is 1.79. The molecule has 0 bridgehead atoms. The van der Waals surface area contributed by atoms with Crippen LogP contribution < -0.4 is 5.32 Å². The molecule has 0 radical (unpaired) electrons. The standard InChI is InChI=1S/C15H23NO2/c1-3-13(7-8-15(18)9-10-17)16-14-6-4-5-12(2)11-14/h4-6,8,11,13,16-18H,3,7,9-10H2,1-2H3/b15-8-. The van der Waals surface area contributed by atoms with Gasteiger partial charge in [0.2, 0.25) is 0 Å². The van der Waals surface area contributed by atoms with E-state index in [0.29, 0.717) is 12.5 Å². The summed E-state index contributed by atoms with van der Waals surface area (Å²) in [5, 5.41) is 21.6. The SMILES string of the molecule is CCC(C/C=C(\O)CCO)Nc1cccc(C)c1. The number of aliphatic hydroxyl groups is 2. The van der Waals surface area contributed by atoms with E-state index >= 15 is 0 Å². The molecule has 1 unspecified atom stereocenters. The smallest absolute Gasteiger partial charge is 0.0906 e. The Kier molecular flexibility index (Phi) is 6.29. The van der Waals surface area contributed by atoms with Gasteiger partial charge in [-0.3, -0.25) is 0 Å². The topological polar surface area (TPSA) is 52.5 Å². The van der Waals surface area contributed by atoms with Crippen LogP contribution in [0.3, 0.4) is 0 Å². The van der Waals surface area contributed by atoms with Gasteiger partial charge in [0.1, 0.15) is 0 Å². The summed E-state index contributed by atoms with van der Waals surface area (Å²) in [5.41, 5.74) is 2.34. The number of aryl methyl sites for hydroxylation is 1. The third-order valence-electron chi connectivity index (χ3n) is 2.89. The Balaban J connectivity index is 2.54. The zero-order valence-electron chi connectivity index (χ0n) is 11.2. The molecular formula is C15H23NO2. The minimum Gasteiger partial charge on any atom is -0.513 e. The number of nitrogens with one attached hydrogen (secondary N) is 1. The van der Waals surface area contributed by atoms with E-state index in [9.17, 15) is 5.11 Å². The first-order valence-corrected chi connectivity index (χ1v) is 6.47. The van der Waals surface area contributed by atoms with E-state index < -0.39 is 0 Å². The first-order chi connectivity index (χ1) is 8.65. The van der Waals surface area contributed by atoms with Gasteiger partial charge in [-0.1, -0.05) is 19.1 Å². The first kappa shape index (κ1) is 14.6. The summed E-state index contributed by atoms with van der Waals surface area (Å²) < 4.78 is 0. The van der Waals surface area contributed by atoms with E-state index in [4.69, 9.17) is 5.11 Å². The van der Waals surface area contributed by atoms with Crippen molar-refractivity contribution < 1.29 is 10.2 Å². The lowest BCUT2D eigenvalue weighted by Gasteiger charge is -2.17. The molecule has 0 fully saturated rings. The van der Waals surface area contributed by atoms with E-state index in [0.717, 1.165) is 18.5 Å². The van der Waals surface area contributed by atoms with Crippen molar-refractivity contribution in [2.45, 2.75) is 39.2 Å². The zero-order chi connectivity index (χ0) is 13.4. The summed E-state index contributed by atoms with van der Waals surface area (Å²) >= 11 is 0. The molecule has 1 aromatic rings. The van der Waals surface area contributed by atoms with Crippen molar-refractivity contribution in [3.63, 3.8) is 0 Å². The molecule has 0 saturated heterocycles. The summed E-state index contributed by atoms with van der Waals surface area (Å²) in [6.45, 7) is 4.17. The first-order valence-electron chi connectivity index (χ1n) is 6.47. The summed E-state index contributed by atoms with van der Waals surface area (Å²) in [7, 11) is 0. The molecule has 0 aliphatic carbocycles. The van der Waals surface area contributed by atoms with Crippen LogP contribution >= 0.6 is 0 Å². The second kappa shape index (κ2) is 7.77. The summed E-state index contributed by atoms with van der Waals surface area (Å²) in [6, 6.07) is 8.56. The number of anilines is 1. The Morgan fingerprint density at radius 1 is 1.44 bits per heavy atom. The van der Waals surface area contributed by atoms with Crippen molar-refractivity contribution in [3.8, 4) is 0 Å². The summed E-state index contributed by atoms with van der Waals surface area (Å²) in [4.78, 5) is 0. The van der Waals surface area contributed by atoms with E-state index in [1.807, 2.05) is 12.1 Å². The quantitative estimate of drug-likeness (QED) is 0.649. The molecule has 0 aliphatic heterocycles. The third-order valence-corrected chi connectivity index (χ3v) is 2.89. The second-order valence-corrected chi connectivity index (χ2v) is 4.52. The molecule has 3 nitrogen and oxygen atoms in total. The average Bonchev–Trinajstić information content (AvgIpc) is 2.35. The molecule has 18 heavy (non-hydrogen) atoms. The van der Waals surface area contributed by atoms with Crippen LogP contribution in [0.5, 0.6) is 0 Å². The maximum atomic E-state index is 9.48. The van der Waals surface area contributed by atoms with Crippen LogP contribution in [0, 0.1) is 6.92 Å². The number of rotatable bonds is 7. The number of hydrogen-bond acceptors (Lipinski definition) is 3. The fraction of sp³-hybridized carbons (Fsp3) is 0.467. The van der Waals surface area contributed by atoms with Gasteiger partial charge in [-0.15, -0.1) is 0 Å². The number of hydrogen-bond donors (Lipinski definition) is 3. The zero-order valence-corrected chi connectivity index (χ0v) is 11.2. The molecule has 1 rings (SSSR count). The van der Waals surface area contributed by atoms with Gasteiger partial charge >= 0.3 is 0 Å². The predicted molar refractivity (Wildman–Crippen MR) is 75.9 cm³/mol. The van der Waals surface area contributed by atoms with Crippen molar-refractivity contribution in [3.05, 3.63) is 41.7 Å². The molecular weight excluding hydrogens is 226 g/mol. The lowest BCUT2D eigenvalue weighted by Crippen LogP contribution is -2.17. The van der Waals surface area contributed by atoms with Gasteiger partial charge in [0.25, 0.3) is 0 Å². The Bertz CT molecular complexity index is 388. The lowest BCUT2D eigenvalue weighted by molar-refractivity contribution is 0.267.